The molecule has 2 amide bonds. The Morgan fingerprint density at radius 3 is 2.59 bits per heavy atom. The minimum Gasteiger partial charge on any atom is -0.358 e. The van der Waals surface area contributed by atoms with Gasteiger partial charge in [-0.15, -0.1) is 0 Å². The first kappa shape index (κ1) is 13.9. The third kappa shape index (κ3) is 5.14. The molecule has 6 heteroatoms. The summed E-state index contributed by atoms with van der Waals surface area (Å²) in [4.78, 5) is 26.7. The number of nitrogens with one attached hydrogen (secondary N) is 2. The van der Waals surface area contributed by atoms with Crippen LogP contribution < -0.4 is 10.6 Å². The Morgan fingerprint density at radius 1 is 1.35 bits per heavy atom. The molecule has 0 aromatic rings. The Morgan fingerprint density at radius 2 is 2.00 bits per heavy atom. The molecule has 0 unspecified atom stereocenters. The first-order valence-electron chi connectivity index (χ1n) is 6.01. The van der Waals surface area contributed by atoms with Crippen LogP contribution in [0, 0.1) is 0 Å². The molecular weight excluding hydrogens is 220 g/mol. The maximum Gasteiger partial charge on any atom is 0.233 e. The van der Waals surface area contributed by atoms with Crippen LogP contribution in [0.4, 0.5) is 0 Å². The van der Waals surface area contributed by atoms with Crippen molar-refractivity contribution in [2.45, 2.75) is 6.42 Å². The van der Waals surface area contributed by atoms with Gasteiger partial charge in [0.05, 0.1) is 6.54 Å². The molecule has 0 saturated carbocycles. The van der Waals surface area contributed by atoms with E-state index in [0.29, 0.717) is 19.5 Å². The van der Waals surface area contributed by atoms with E-state index in [1.54, 1.807) is 7.05 Å². The number of amides is 2. The van der Waals surface area contributed by atoms with Gasteiger partial charge in [-0.1, -0.05) is 0 Å². The van der Waals surface area contributed by atoms with Crippen molar-refractivity contribution in [3.63, 3.8) is 0 Å². The first-order valence-corrected chi connectivity index (χ1v) is 6.01. The van der Waals surface area contributed by atoms with Crippen LogP contribution in [0.25, 0.3) is 0 Å². The molecule has 17 heavy (non-hydrogen) atoms. The zero-order valence-electron chi connectivity index (χ0n) is 10.7. The summed E-state index contributed by atoms with van der Waals surface area (Å²) in [5.74, 6) is 0.150. The van der Waals surface area contributed by atoms with Crippen LogP contribution >= 0.6 is 0 Å². The Kier molecular flexibility index (Phi) is 5.93. The molecule has 1 aliphatic rings. The molecule has 2 N–H and O–H groups in total. The van der Waals surface area contributed by atoms with Crippen molar-refractivity contribution in [1.82, 2.24) is 20.4 Å². The zero-order chi connectivity index (χ0) is 12.7. The van der Waals surface area contributed by atoms with Crippen LogP contribution in [-0.4, -0.2) is 75.0 Å². The summed E-state index contributed by atoms with van der Waals surface area (Å²) < 4.78 is 0. The molecule has 0 aromatic carbocycles. The minimum atomic E-state index is -0.0258. The van der Waals surface area contributed by atoms with Gasteiger partial charge in [0.1, 0.15) is 0 Å². The number of hydrogen-bond acceptors (Lipinski definition) is 4. The smallest absolute Gasteiger partial charge is 0.233 e. The number of nitrogens with zero attached hydrogens (tertiary/aromatic N) is 2. The summed E-state index contributed by atoms with van der Waals surface area (Å²) in [6.07, 6.45) is 0.480. The highest BCUT2D eigenvalue weighted by Gasteiger charge is 2.16. The second-order valence-electron chi connectivity index (χ2n) is 4.29. The standard InChI is InChI=1S/C11H22N4O2/c1-12-10(16)9-14(2)6-3-11(17)15-7-4-13-5-8-15/h13H,3-9H2,1-2H3,(H,12,16). The van der Waals surface area contributed by atoms with Gasteiger partial charge in [0.2, 0.25) is 11.8 Å². The van der Waals surface area contributed by atoms with Gasteiger partial charge in [-0.25, -0.2) is 0 Å². The van der Waals surface area contributed by atoms with Crippen molar-refractivity contribution in [1.29, 1.82) is 0 Å². The second-order valence-corrected chi connectivity index (χ2v) is 4.29. The predicted octanol–water partition coefficient (Wildman–Crippen LogP) is -1.51. The second kappa shape index (κ2) is 7.24. The molecular formula is C11H22N4O2. The van der Waals surface area contributed by atoms with Crippen molar-refractivity contribution < 1.29 is 9.59 Å². The van der Waals surface area contributed by atoms with Gasteiger partial charge in [0.25, 0.3) is 0 Å². The topological polar surface area (TPSA) is 64.7 Å². The van der Waals surface area contributed by atoms with E-state index < -0.39 is 0 Å². The fraction of sp³-hybridized carbons (Fsp3) is 0.818. The molecule has 1 heterocycles. The maximum absolute atomic E-state index is 11.8. The highest BCUT2D eigenvalue weighted by Crippen LogP contribution is 1.98. The number of hydrogen-bond donors (Lipinski definition) is 2. The molecule has 0 aromatic heterocycles. The monoisotopic (exact) mass is 242 g/mol. The van der Waals surface area contributed by atoms with Gasteiger partial charge in [-0.3, -0.25) is 14.5 Å². The van der Waals surface area contributed by atoms with Crippen LogP contribution in [0.2, 0.25) is 0 Å². The zero-order valence-corrected chi connectivity index (χ0v) is 10.7. The van der Waals surface area contributed by atoms with Gasteiger partial charge in [0, 0.05) is 46.2 Å². The fourth-order valence-corrected chi connectivity index (χ4v) is 1.76. The van der Waals surface area contributed by atoms with Gasteiger partial charge in [-0.05, 0) is 7.05 Å². The summed E-state index contributed by atoms with van der Waals surface area (Å²) >= 11 is 0. The lowest BCUT2D eigenvalue weighted by molar-refractivity contribution is -0.132. The lowest BCUT2D eigenvalue weighted by Gasteiger charge is -2.28. The van der Waals surface area contributed by atoms with Crippen molar-refractivity contribution in [2.75, 3.05) is 53.4 Å². The number of carbonyl (C=O) groups is 2. The number of rotatable bonds is 5. The van der Waals surface area contributed by atoms with Crippen molar-refractivity contribution in [2.24, 2.45) is 0 Å². The van der Waals surface area contributed by atoms with E-state index in [0.717, 1.165) is 26.2 Å². The summed E-state index contributed by atoms with van der Waals surface area (Å²) in [6.45, 7) is 4.29. The Balaban J connectivity index is 2.20. The van der Waals surface area contributed by atoms with Crippen LogP contribution in [0.15, 0.2) is 0 Å². The lowest BCUT2D eigenvalue weighted by atomic mass is 10.3. The molecule has 0 aliphatic carbocycles. The average Bonchev–Trinajstić information content (AvgIpc) is 2.36. The lowest BCUT2D eigenvalue weighted by Crippen LogP contribution is -2.47. The molecule has 0 radical (unpaired) electrons. The normalized spacial score (nSPS) is 16.1. The number of likely N-dealkylation sites (N-methyl/N-ethyl adjacent to an activating group) is 2. The summed E-state index contributed by atoms with van der Waals surface area (Å²) in [5, 5.41) is 5.77. The third-order valence-electron chi connectivity index (χ3n) is 2.87. The molecule has 1 aliphatic heterocycles. The molecule has 98 valence electrons. The van der Waals surface area contributed by atoms with Crippen LogP contribution in [0.1, 0.15) is 6.42 Å². The SMILES string of the molecule is CNC(=O)CN(C)CCC(=O)N1CCNCC1. The highest BCUT2D eigenvalue weighted by atomic mass is 16.2. The quantitative estimate of drug-likeness (QED) is 0.615. The Bertz CT molecular complexity index is 264. The van der Waals surface area contributed by atoms with E-state index in [4.69, 9.17) is 0 Å². The fourth-order valence-electron chi connectivity index (χ4n) is 1.76. The molecule has 1 saturated heterocycles. The summed E-state index contributed by atoms with van der Waals surface area (Å²) in [5.41, 5.74) is 0. The number of piperazine rings is 1. The minimum absolute atomic E-state index is 0.0258. The van der Waals surface area contributed by atoms with Crippen LogP contribution in [0.3, 0.4) is 0 Å². The predicted molar refractivity (Wildman–Crippen MR) is 65.6 cm³/mol. The van der Waals surface area contributed by atoms with Crippen molar-refractivity contribution in [3.05, 3.63) is 0 Å². The molecule has 6 nitrogen and oxygen atoms in total. The van der Waals surface area contributed by atoms with Gasteiger partial charge in [0.15, 0.2) is 0 Å². The Labute approximate surface area is 102 Å². The maximum atomic E-state index is 11.8. The largest absolute Gasteiger partial charge is 0.358 e. The van der Waals surface area contributed by atoms with Crippen molar-refractivity contribution in [3.8, 4) is 0 Å². The number of carbonyl (C=O) groups excluding carboxylic acids is 2. The van der Waals surface area contributed by atoms with Gasteiger partial charge in [-0.2, -0.15) is 0 Å². The third-order valence-corrected chi connectivity index (χ3v) is 2.87. The molecule has 0 bridgehead atoms. The van der Waals surface area contributed by atoms with Crippen LogP contribution in [-0.2, 0) is 9.59 Å². The molecule has 1 rings (SSSR count). The summed E-state index contributed by atoms with van der Waals surface area (Å²) in [7, 11) is 3.46. The Hall–Kier alpha value is -1.14. The highest BCUT2D eigenvalue weighted by molar-refractivity contribution is 5.78. The molecule has 0 spiro atoms. The van der Waals surface area contributed by atoms with Gasteiger partial charge >= 0.3 is 0 Å². The van der Waals surface area contributed by atoms with E-state index in [1.165, 1.54) is 0 Å². The van der Waals surface area contributed by atoms with E-state index in [2.05, 4.69) is 10.6 Å². The van der Waals surface area contributed by atoms with Gasteiger partial charge < -0.3 is 15.5 Å². The van der Waals surface area contributed by atoms with Crippen molar-refractivity contribution >= 4 is 11.8 Å². The van der Waals surface area contributed by atoms with E-state index in [1.807, 2.05) is 16.8 Å². The summed E-state index contributed by atoms with van der Waals surface area (Å²) in [6, 6.07) is 0. The van der Waals surface area contributed by atoms with E-state index >= 15 is 0 Å². The first-order chi connectivity index (χ1) is 8.13. The van der Waals surface area contributed by atoms with Crippen LogP contribution in [0.5, 0.6) is 0 Å². The van der Waals surface area contributed by atoms with E-state index in [9.17, 15) is 9.59 Å². The average molecular weight is 242 g/mol. The molecule has 0 atom stereocenters. The van der Waals surface area contributed by atoms with E-state index in [-0.39, 0.29) is 11.8 Å². The molecule has 1 fully saturated rings.